The van der Waals surface area contributed by atoms with Gasteiger partial charge in [0.15, 0.2) is 0 Å². The van der Waals surface area contributed by atoms with Crippen LogP contribution in [0.25, 0.3) is 0 Å². The minimum absolute atomic E-state index is 0.0403. The zero-order valence-electron chi connectivity index (χ0n) is 27.9. The maximum absolute atomic E-state index is 13.3. The molecule has 3 heterocycles. The molecule has 1 aliphatic carbocycles. The predicted octanol–water partition coefficient (Wildman–Crippen LogP) is 8.09. The molecule has 2 aromatic rings. The molecule has 8 nitrogen and oxygen atoms in total. The molecule has 0 unspecified atom stereocenters. The van der Waals surface area contributed by atoms with Crippen molar-refractivity contribution >= 4 is 39.8 Å². The predicted molar refractivity (Wildman–Crippen MR) is 189 cm³/mol. The fraction of sp³-hybridized carbons (Fsp3) is 0.579. The Labute approximate surface area is 291 Å². The second kappa shape index (κ2) is 16.7. The number of allylic oxidation sites excluding steroid dienone is 1. The van der Waals surface area contributed by atoms with E-state index in [0.717, 1.165) is 75.3 Å². The summed E-state index contributed by atoms with van der Waals surface area (Å²) in [5.41, 5.74) is 3.61. The van der Waals surface area contributed by atoms with Gasteiger partial charge in [0.25, 0.3) is 5.91 Å². The standard InChI is InChI=1S/C38H48ClN2O6S/c1-26-5-4-7-35(47-37(42)15-8-27-16-19-45-20-17-27)33-13-10-31(33)24-41-23-30-9-12-32(39)21-28(30)6-2-3-18-46-36-14-11-29(22-34(36)41)38(43)40-48(44)25-26/h4,7,9,11-12,14,21-22,26-27,31,33,35H,2-3,5-6,8,10,13,15-20,23-25H2,1H3/q-1/b7-4+/t26-,31-,33+,35-/m0/s1. The summed E-state index contributed by atoms with van der Waals surface area (Å²) < 4.78 is 35.2. The van der Waals surface area contributed by atoms with Gasteiger partial charge in [0.2, 0.25) is 0 Å². The van der Waals surface area contributed by atoms with Crippen LogP contribution in [0.4, 0.5) is 5.69 Å². The summed E-state index contributed by atoms with van der Waals surface area (Å²) in [6, 6.07) is 11.5. The zero-order valence-corrected chi connectivity index (χ0v) is 29.5. The van der Waals surface area contributed by atoms with Crippen molar-refractivity contribution in [3.05, 3.63) is 70.3 Å². The van der Waals surface area contributed by atoms with Crippen LogP contribution in [0.15, 0.2) is 52.9 Å². The lowest BCUT2D eigenvalue weighted by Crippen LogP contribution is -2.44. The van der Waals surface area contributed by atoms with E-state index in [2.05, 4.69) is 33.5 Å². The molecule has 1 saturated carbocycles. The van der Waals surface area contributed by atoms with Crippen molar-refractivity contribution < 1.29 is 28.0 Å². The molecule has 0 radical (unpaired) electrons. The van der Waals surface area contributed by atoms with Crippen molar-refractivity contribution in [2.45, 2.75) is 83.8 Å². The maximum Gasteiger partial charge on any atom is 0.306 e. The largest absolute Gasteiger partial charge is 0.491 e. The zero-order chi connectivity index (χ0) is 33.5. The number of rotatable bonds is 4. The lowest BCUT2D eigenvalue weighted by atomic mass is 9.70. The number of hydrogen-bond donors (Lipinski definition) is 0. The van der Waals surface area contributed by atoms with Crippen LogP contribution in [-0.2, 0) is 42.0 Å². The monoisotopic (exact) mass is 695 g/mol. The lowest BCUT2D eigenvalue weighted by molar-refractivity contribution is -0.152. The van der Waals surface area contributed by atoms with Crippen molar-refractivity contribution in [3.8, 4) is 5.75 Å². The average molecular weight is 696 g/mol. The number of nitrogens with zero attached hydrogens (tertiary/aromatic N) is 2. The SMILES string of the molecule is C[C@H]1C/C=C/[C@H](OC(=O)CCC2CCOCC2)[C@@H]2CC[C@H]2CN2Cc3ccc(Cl)cc3CCCCOc3ccc(cc32)C(=O)N=[S-](=O)C1. The molecule has 4 atom stereocenters. The smallest absolute Gasteiger partial charge is 0.306 e. The molecule has 2 aromatic carbocycles. The number of hydrogen-bond acceptors (Lipinski definition) is 8. The molecular formula is C38H48ClN2O6S-. The van der Waals surface area contributed by atoms with Crippen molar-refractivity contribution in [3.63, 3.8) is 0 Å². The molecule has 260 valence electrons. The van der Waals surface area contributed by atoms with Crippen LogP contribution in [0.5, 0.6) is 5.75 Å². The topological polar surface area (TPSA) is 94.5 Å². The molecular weight excluding hydrogens is 648 g/mol. The third kappa shape index (κ3) is 9.21. The molecule has 10 heteroatoms. The highest BCUT2D eigenvalue weighted by Gasteiger charge is 2.39. The molecule has 2 fully saturated rings. The first-order valence-electron chi connectivity index (χ1n) is 17.7. The Balaban J connectivity index is 1.33. The number of anilines is 1. The number of esters is 1. The molecule has 6 rings (SSSR count). The Hall–Kier alpha value is -2.88. The molecule has 48 heavy (non-hydrogen) atoms. The molecule has 0 aromatic heterocycles. The van der Waals surface area contributed by atoms with Crippen LogP contribution in [-0.4, -0.2) is 50.1 Å². The quantitative estimate of drug-likeness (QED) is 0.181. The Kier molecular flexibility index (Phi) is 12.2. The molecule has 4 aliphatic rings. The van der Waals surface area contributed by atoms with Gasteiger partial charge in [0, 0.05) is 49.2 Å². The molecule has 0 spiro atoms. The third-order valence-electron chi connectivity index (χ3n) is 10.4. The van der Waals surface area contributed by atoms with Gasteiger partial charge in [-0.3, -0.25) is 9.59 Å². The Morgan fingerprint density at radius 3 is 2.73 bits per heavy atom. The van der Waals surface area contributed by atoms with Gasteiger partial charge in [0.05, 0.1) is 12.3 Å². The van der Waals surface area contributed by atoms with E-state index >= 15 is 0 Å². The number of ether oxygens (including phenoxy) is 3. The van der Waals surface area contributed by atoms with E-state index in [1.165, 1.54) is 11.1 Å². The van der Waals surface area contributed by atoms with Gasteiger partial charge in [-0.25, -0.2) is 0 Å². The highest BCUT2D eigenvalue weighted by molar-refractivity contribution is 7.75. The first-order chi connectivity index (χ1) is 23.3. The van der Waals surface area contributed by atoms with Gasteiger partial charge in [-0.15, -0.1) is 0 Å². The second-order valence-corrected chi connectivity index (χ2v) is 15.6. The summed E-state index contributed by atoms with van der Waals surface area (Å²) in [6.45, 7) is 5.40. The summed E-state index contributed by atoms with van der Waals surface area (Å²) in [5.74, 6) is 1.33. The first-order valence-corrected chi connectivity index (χ1v) is 19.4. The summed E-state index contributed by atoms with van der Waals surface area (Å²) in [4.78, 5) is 28.9. The Morgan fingerprint density at radius 2 is 1.92 bits per heavy atom. The van der Waals surface area contributed by atoms with E-state index in [9.17, 15) is 13.8 Å². The number of aryl methyl sites for hydroxylation is 1. The summed E-state index contributed by atoms with van der Waals surface area (Å²) in [7, 11) is -1.66. The van der Waals surface area contributed by atoms with Crippen molar-refractivity contribution in [1.29, 1.82) is 0 Å². The molecule has 0 N–H and O–H groups in total. The highest BCUT2D eigenvalue weighted by atomic mass is 35.5. The van der Waals surface area contributed by atoms with E-state index < -0.39 is 16.5 Å². The van der Waals surface area contributed by atoms with Gasteiger partial charge in [0.1, 0.15) is 11.9 Å². The summed E-state index contributed by atoms with van der Waals surface area (Å²) in [6.07, 6.45) is 12.4. The Bertz CT molecular complexity index is 1570. The minimum atomic E-state index is -1.66. The number of amides is 1. The van der Waals surface area contributed by atoms with E-state index in [1.54, 1.807) is 6.07 Å². The van der Waals surface area contributed by atoms with Gasteiger partial charge < -0.3 is 27.7 Å². The van der Waals surface area contributed by atoms with Crippen LogP contribution in [0, 0.1) is 23.7 Å². The molecule has 1 amide bonds. The molecule has 2 bridgehead atoms. The minimum Gasteiger partial charge on any atom is -0.491 e. The number of carbonyl (C=O) groups excluding carboxylic acids is 2. The maximum atomic E-state index is 13.3. The van der Waals surface area contributed by atoms with Crippen LogP contribution in [0.2, 0.25) is 5.02 Å². The lowest BCUT2D eigenvalue weighted by Gasteiger charge is -2.43. The van der Waals surface area contributed by atoms with Crippen LogP contribution in [0.3, 0.4) is 0 Å². The fourth-order valence-electron chi connectivity index (χ4n) is 7.37. The van der Waals surface area contributed by atoms with E-state index in [-0.39, 0.29) is 35.6 Å². The number of benzene rings is 2. The Morgan fingerprint density at radius 1 is 1.06 bits per heavy atom. The van der Waals surface area contributed by atoms with E-state index in [4.69, 9.17) is 25.8 Å². The number of halogens is 1. The van der Waals surface area contributed by atoms with Crippen molar-refractivity contribution in [2.75, 3.05) is 37.0 Å². The van der Waals surface area contributed by atoms with Crippen LogP contribution >= 0.6 is 11.6 Å². The van der Waals surface area contributed by atoms with E-state index in [1.807, 2.05) is 25.1 Å². The highest BCUT2D eigenvalue weighted by Crippen LogP contribution is 2.42. The normalized spacial score (nSPS) is 26.8. The van der Waals surface area contributed by atoms with Crippen molar-refractivity contribution in [1.82, 2.24) is 0 Å². The van der Waals surface area contributed by atoms with Gasteiger partial charge in [-0.05, 0) is 117 Å². The molecule has 1 saturated heterocycles. The van der Waals surface area contributed by atoms with Gasteiger partial charge in [-0.1, -0.05) is 42.3 Å². The third-order valence-corrected chi connectivity index (χ3v) is 11.8. The van der Waals surface area contributed by atoms with Crippen molar-refractivity contribution in [2.24, 2.45) is 28.0 Å². The summed E-state index contributed by atoms with van der Waals surface area (Å²) in [5, 5.41) is 0.720. The number of fused-ring (bicyclic) bond motifs is 3. The first kappa shape index (κ1) is 35.0. The van der Waals surface area contributed by atoms with Crippen LogP contribution in [0.1, 0.15) is 86.2 Å². The second-order valence-electron chi connectivity index (χ2n) is 14.0. The fourth-order valence-corrected chi connectivity index (χ4v) is 8.55. The van der Waals surface area contributed by atoms with Gasteiger partial charge in [-0.2, -0.15) is 10.6 Å². The number of carbonyl (C=O) groups is 2. The summed E-state index contributed by atoms with van der Waals surface area (Å²) >= 11 is 6.46. The van der Waals surface area contributed by atoms with Crippen LogP contribution < -0.4 is 9.64 Å². The molecule has 3 aliphatic heterocycles. The average Bonchev–Trinajstić information content (AvgIpc) is 3.08. The van der Waals surface area contributed by atoms with E-state index in [0.29, 0.717) is 49.8 Å². The van der Waals surface area contributed by atoms with Gasteiger partial charge >= 0.3 is 5.97 Å².